The molecule has 1 saturated carbocycles. The van der Waals surface area contributed by atoms with Gasteiger partial charge < -0.3 is 4.74 Å². The highest BCUT2D eigenvalue weighted by atomic mass is 79.9. The second-order valence-corrected chi connectivity index (χ2v) is 3.78. The van der Waals surface area contributed by atoms with Crippen molar-refractivity contribution in [2.45, 2.75) is 18.9 Å². The molecule has 0 spiro atoms. The molecular weight excluding hydrogens is 232 g/mol. The molecule has 0 saturated heterocycles. The first-order valence-corrected chi connectivity index (χ1v) is 4.81. The van der Waals surface area contributed by atoms with E-state index in [1.165, 1.54) is 0 Å². The fourth-order valence-electron chi connectivity index (χ4n) is 0.945. The lowest BCUT2D eigenvalue weighted by molar-refractivity contribution is 0.301. The molecule has 1 aliphatic rings. The lowest BCUT2D eigenvalue weighted by Gasteiger charge is -2.03. The third-order valence-corrected chi connectivity index (χ3v) is 2.35. The third kappa shape index (κ3) is 1.99. The van der Waals surface area contributed by atoms with Crippen molar-refractivity contribution in [3.63, 3.8) is 0 Å². The standard InChI is InChI=1S/C9H7BrN2O/c10-8-3-7(13-6-1-2-6)5-12-9(8)4-11/h3,5-6H,1-2H2. The smallest absolute Gasteiger partial charge is 0.154 e. The van der Waals surface area contributed by atoms with Crippen molar-refractivity contribution in [1.29, 1.82) is 5.26 Å². The maximum Gasteiger partial charge on any atom is 0.154 e. The molecule has 0 N–H and O–H groups in total. The van der Waals surface area contributed by atoms with Crippen molar-refractivity contribution >= 4 is 15.9 Å². The molecule has 0 bridgehead atoms. The molecule has 1 heterocycles. The van der Waals surface area contributed by atoms with Gasteiger partial charge in [-0.05, 0) is 34.8 Å². The number of halogens is 1. The average Bonchev–Trinajstić information content (AvgIpc) is 2.89. The molecule has 0 aliphatic heterocycles. The molecule has 0 aromatic carbocycles. The lowest BCUT2D eigenvalue weighted by atomic mass is 10.4. The molecule has 2 rings (SSSR count). The number of aromatic nitrogens is 1. The predicted octanol–water partition coefficient (Wildman–Crippen LogP) is 2.26. The van der Waals surface area contributed by atoms with Crippen LogP contribution in [0.25, 0.3) is 0 Å². The van der Waals surface area contributed by atoms with E-state index in [1.54, 1.807) is 12.3 Å². The van der Waals surface area contributed by atoms with E-state index >= 15 is 0 Å². The van der Waals surface area contributed by atoms with Crippen molar-refractivity contribution in [3.8, 4) is 11.8 Å². The number of ether oxygens (including phenoxy) is 1. The lowest BCUT2D eigenvalue weighted by Crippen LogP contribution is -1.97. The first-order chi connectivity index (χ1) is 6.29. The zero-order valence-electron chi connectivity index (χ0n) is 6.83. The maximum atomic E-state index is 8.62. The van der Waals surface area contributed by atoms with E-state index in [2.05, 4.69) is 20.9 Å². The van der Waals surface area contributed by atoms with E-state index in [-0.39, 0.29) is 0 Å². The Kier molecular flexibility index (Phi) is 2.19. The van der Waals surface area contributed by atoms with E-state index in [1.807, 2.05) is 6.07 Å². The quantitative estimate of drug-likeness (QED) is 0.795. The Balaban J connectivity index is 2.19. The zero-order chi connectivity index (χ0) is 9.26. The Morgan fingerprint density at radius 3 is 2.92 bits per heavy atom. The number of hydrogen-bond donors (Lipinski definition) is 0. The zero-order valence-corrected chi connectivity index (χ0v) is 8.41. The van der Waals surface area contributed by atoms with Crippen molar-refractivity contribution < 1.29 is 4.74 Å². The maximum absolute atomic E-state index is 8.62. The molecule has 4 heteroatoms. The highest BCUT2D eigenvalue weighted by Gasteiger charge is 2.23. The number of rotatable bonds is 2. The van der Waals surface area contributed by atoms with Gasteiger partial charge in [0.15, 0.2) is 5.69 Å². The van der Waals surface area contributed by atoms with Gasteiger partial charge in [-0.2, -0.15) is 5.26 Å². The summed E-state index contributed by atoms with van der Waals surface area (Å²) in [5, 5.41) is 8.62. The minimum Gasteiger partial charge on any atom is -0.489 e. The van der Waals surface area contributed by atoms with Crippen LogP contribution < -0.4 is 4.74 Å². The molecule has 0 atom stereocenters. The second-order valence-electron chi connectivity index (χ2n) is 2.93. The average molecular weight is 239 g/mol. The van der Waals surface area contributed by atoms with Crippen LogP contribution in [0.4, 0.5) is 0 Å². The fraction of sp³-hybridized carbons (Fsp3) is 0.333. The molecule has 0 radical (unpaired) electrons. The van der Waals surface area contributed by atoms with Crippen LogP contribution >= 0.6 is 15.9 Å². The van der Waals surface area contributed by atoms with Crippen LogP contribution in [0.3, 0.4) is 0 Å². The van der Waals surface area contributed by atoms with Gasteiger partial charge in [0.2, 0.25) is 0 Å². The molecule has 3 nitrogen and oxygen atoms in total. The van der Waals surface area contributed by atoms with Crippen molar-refractivity contribution in [1.82, 2.24) is 4.98 Å². The molecule has 1 fully saturated rings. The number of nitrogens with zero attached hydrogens (tertiary/aromatic N) is 2. The molecule has 0 amide bonds. The van der Waals surface area contributed by atoms with Crippen LogP contribution in [0, 0.1) is 11.3 Å². The van der Waals surface area contributed by atoms with Crippen LogP contribution in [0.5, 0.6) is 5.75 Å². The summed E-state index contributed by atoms with van der Waals surface area (Å²) < 4.78 is 6.19. The third-order valence-electron chi connectivity index (χ3n) is 1.75. The van der Waals surface area contributed by atoms with Crippen LogP contribution in [0.1, 0.15) is 18.5 Å². The molecule has 1 aliphatic carbocycles. The van der Waals surface area contributed by atoms with Crippen LogP contribution in [-0.2, 0) is 0 Å². The number of nitriles is 1. The van der Waals surface area contributed by atoms with Gasteiger partial charge in [-0.15, -0.1) is 0 Å². The Labute approximate surface area is 84.5 Å². The Bertz CT molecular complexity index is 368. The summed E-state index contributed by atoms with van der Waals surface area (Å²) in [6.45, 7) is 0. The number of hydrogen-bond acceptors (Lipinski definition) is 3. The highest BCUT2D eigenvalue weighted by Crippen LogP contribution is 2.28. The van der Waals surface area contributed by atoms with Gasteiger partial charge in [0.1, 0.15) is 11.8 Å². The van der Waals surface area contributed by atoms with E-state index in [4.69, 9.17) is 10.00 Å². The van der Waals surface area contributed by atoms with Crippen molar-refractivity contribution in [2.75, 3.05) is 0 Å². The monoisotopic (exact) mass is 238 g/mol. The molecule has 66 valence electrons. The van der Waals surface area contributed by atoms with Crippen molar-refractivity contribution in [3.05, 3.63) is 22.4 Å². The van der Waals surface area contributed by atoms with Gasteiger partial charge in [-0.3, -0.25) is 0 Å². The fourth-order valence-corrected chi connectivity index (χ4v) is 1.36. The largest absolute Gasteiger partial charge is 0.489 e. The van der Waals surface area contributed by atoms with E-state index in [9.17, 15) is 0 Å². The summed E-state index contributed by atoms with van der Waals surface area (Å²) in [7, 11) is 0. The molecule has 1 aromatic rings. The van der Waals surface area contributed by atoms with Gasteiger partial charge >= 0.3 is 0 Å². The Hall–Kier alpha value is -1.08. The second kappa shape index (κ2) is 3.35. The minimum atomic E-state index is 0.363. The first kappa shape index (κ1) is 8.52. The van der Waals surface area contributed by atoms with E-state index in [0.29, 0.717) is 16.3 Å². The first-order valence-electron chi connectivity index (χ1n) is 4.02. The summed E-state index contributed by atoms with van der Waals surface area (Å²) in [5.41, 5.74) is 0.392. The van der Waals surface area contributed by atoms with Crippen molar-refractivity contribution in [2.24, 2.45) is 0 Å². The minimum absolute atomic E-state index is 0.363. The van der Waals surface area contributed by atoms with Gasteiger partial charge in [0.05, 0.1) is 16.8 Å². The van der Waals surface area contributed by atoms with Gasteiger partial charge in [0, 0.05) is 0 Å². The topological polar surface area (TPSA) is 45.9 Å². The number of pyridine rings is 1. The van der Waals surface area contributed by atoms with Crippen LogP contribution in [0.15, 0.2) is 16.7 Å². The van der Waals surface area contributed by atoms with Gasteiger partial charge in [-0.1, -0.05) is 0 Å². The molecule has 13 heavy (non-hydrogen) atoms. The van der Waals surface area contributed by atoms with E-state index < -0.39 is 0 Å². The Morgan fingerprint density at radius 1 is 1.62 bits per heavy atom. The summed E-state index contributed by atoms with van der Waals surface area (Å²) in [4.78, 5) is 3.94. The molecule has 0 unspecified atom stereocenters. The highest BCUT2D eigenvalue weighted by molar-refractivity contribution is 9.10. The Morgan fingerprint density at radius 2 is 2.38 bits per heavy atom. The molecule has 1 aromatic heterocycles. The van der Waals surface area contributed by atoms with E-state index in [0.717, 1.165) is 18.6 Å². The van der Waals surface area contributed by atoms with Gasteiger partial charge in [-0.25, -0.2) is 4.98 Å². The normalized spacial score (nSPS) is 15.1. The van der Waals surface area contributed by atoms with Gasteiger partial charge in [0.25, 0.3) is 0 Å². The molecular formula is C9H7BrN2O. The summed E-state index contributed by atoms with van der Waals surface area (Å²) in [6.07, 6.45) is 4.19. The van der Waals surface area contributed by atoms with Crippen LogP contribution in [-0.4, -0.2) is 11.1 Å². The summed E-state index contributed by atoms with van der Waals surface area (Å²) in [6, 6.07) is 3.76. The summed E-state index contributed by atoms with van der Waals surface area (Å²) >= 11 is 3.25. The summed E-state index contributed by atoms with van der Waals surface area (Å²) in [5.74, 6) is 0.730. The predicted molar refractivity (Wildman–Crippen MR) is 50.3 cm³/mol. The van der Waals surface area contributed by atoms with Crippen LogP contribution in [0.2, 0.25) is 0 Å². The SMILES string of the molecule is N#Cc1ncc(OC2CC2)cc1Br.